The van der Waals surface area contributed by atoms with Gasteiger partial charge in [0.2, 0.25) is 11.8 Å². The first-order chi connectivity index (χ1) is 14.8. The van der Waals surface area contributed by atoms with Crippen LogP contribution in [0.15, 0.2) is 0 Å². The summed E-state index contributed by atoms with van der Waals surface area (Å²) in [6, 6.07) is 0. The van der Waals surface area contributed by atoms with Crippen LogP contribution >= 0.6 is 0 Å². The molecule has 0 saturated carbocycles. The molecule has 1 aliphatic rings. The molecule has 0 aliphatic carbocycles. The van der Waals surface area contributed by atoms with Crippen molar-refractivity contribution < 1.29 is 47.9 Å². The van der Waals surface area contributed by atoms with Gasteiger partial charge in [-0.1, -0.05) is 0 Å². The molecular weight excluding hydrogens is 432 g/mol. The Balaban J connectivity index is 2.59. The molecule has 1 saturated heterocycles. The normalized spacial score (nSPS) is 13.3. The van der Waals surface area contributed by atoms with Crippen molar-refractivity contribution in [3.05, 3.63) is 0 Å². The van der Waals surface area contributed by atoms with Crippen LogP contribution in [0.4, 0.5) is 4.79 Å². The minimum atomic E-state index is -1.15. The lowest BCUT2D eigenvalue weighted by Crippen LogP contribution is -2.48. The van der Waals surface area contributed by atoms with Crippen molar-refractivity contribution in [2.24, 2.45) is 0 Å². The van der Waals surface area contributed by atoms with Gasteiger partial charge in [0.15, 0.2) is 0 Å². The number of carbonyl (C=O) groups is 7. The van der Waals surface area contributed by atoms with E-state index in [1.54, 1.807) is 20.8 Å². The number of ether oxygens (including phenoxy) is 2. The van der Waals surface area contributed by atoms with E-state index in [1.807, 2.05) is 0 Å². The monoisotopic (exact) mass is 458 g/mol. The number of esters is 1. The topological polar surface area (TPSA) is 178 Å². The van der Waals surface area contributed by atoms with E-state index in [0.717, 1.165) is 7.11 Å². The number of hydroxylamine groups is 2. The predicted octanol–water partition coefficient (Wildman–Crippen LogP) is -1.76. The first-order valence-corrected chi connectivity index (χ1v) is 9.47. The van der Waals surface area contributed by atoms with Crippen molar-refractivity contribution in [2.75, 3.05) is 33.3 Å². The van der Waals surface area contributed by atoms with E-state index in [4.69, 9.17) is 4.74 Å². The lowest BCUT2D eigenvalue weighted by atomic mass is 10.2. The number of hydrogen-bond donors (Lipinski definition) is 2. The highest BCUT2D eigenvalue weighted by Crippen LogP contribution is 2.12. The third-order valence-electron chi connectivity index (χ3n) is 3.65. The Morgan fingerprint density at radius 2 is 1.50 bits per heavy atom. The number of hydrogen-bond acceptors (Lipinski definition) is 10. The van der Waals surface area contributed by atoms with Crippen LogP contribution in [0.1, 0.15) is 33.6 Å². The molecule has 178 valence electrons. The molecule has 1 fully saturated rings. The van der Waals surface area contributed by atoms with Crippen LogP contribution in [0.25, 0.3) is 0 Å². The van der Waals surface area contributed by atoms with Crippen LogP contribution in [0, 0.1) is 0 Å². The Kier molecular flexibility index (Phi) is 9.56. The largest absolute Gasteiger partial charge is 0.468 e. The van der Waals surface area contributed by atoms with E-state index in [0.29, 0.717) is 9.96 Å². The highest BCUT2D eigenvalue weighted by Gasteiger charge is 2.33. The molecule has 14 nitrogen and oxygen atoms in total. The second-order valence-corrected chi connectivity index (χ2v) is 7.50. The molecule has 1 aliphatic heterocycles. The number of nitrogens with zero attached hydrogens (tertiary/aromatic N) is 2. The Bertz CT molecular complexity index is 773. The molecule has 32 heavy (non-hydrogen) atoms. The number of nitrogens with one attached hydrogen (secondary N) is 2. The summed E-state index contributed by atoms with van der Waals surface area (Å²) in [5, 5.41) is 4.71. The maximum absolute atomic E-state index is 12.4. The SMILES string of the molecule is COC(=O)CN(CC(=O)ON1C(=O)CCC1=O)C(=O)CNC(=O)CNC(=O)OC(C)(C)C. The van der Waals surface area contributed by atoms with Crippen molar-refractivity contribution in [1.82, 2.24) is 20.6 Å². The molecule has 0 aromatic carbocycles. The molecule has 0 aromatic heterocycles. The molecular formula is C18H26N4O10. The van der Waals surface area contributed by atoms with Crippen LogP contribution < -0.4 is 10.6 Å². The van der Waals surface area contributed by atoms with Crippen molar-refractivity contribution in [3.8, 4) is 0 Å². The molecule has 0 atom stereocenters. The highest BCUT2D eigenvalue weighted by atomic mass is 16.7. The minimum Gasteiger partial charge on any atom is -0.468 e. The van der Waals surface area contributed by atoms with Crippen molar-refractivity contribution in [1.29, 1.82) is 0 Å². The number of carbonyl (C=O) groups excluding carboxylic acids is 7. The molecule has 5 amide bonds. The number of alkyl carbamates (subject to hydrolysis) is 1. The molecule has 0 bridgehead atoms. The highest BCUT2D eigenvalue weighted by molar-refractivity contribution is 6.01. The average Bonchev–Trinajstić information content (AvgIpc) is 3.00. The Morgan fingerprint density at radius 1 is 0.938 bits per heavy atom. The smallest absolute Gasteiger partial charge is 0.408 e. The van der Waals surface area contributed by atoms with Gasteiger partial charge in [0, 0.05) is 12.8 Å². The Labute approximate surface area is 183 Å². The fraction of sp³-hybridized carbons (Fsp3) is 0.611. The third-order valence-corrected chi connectivity index (χ3v) is 3.65. The molecule has 14 heteroatoms. The summed E-state index contributed by atoms with van der Waals surface area (Å²) in [7, 11) is 1.06. The van der Waals surface area contributed by atoms with Crippen LogP contribution in [0.3, 0.4) is 0 Å². The summed E-state index contributed by atoms with van der Waals surface area (Å²) in [6.45, 7) is 2.36. The van der Waals surface area contributed by atoms with Gasteiger partial charge in [0.1, 0.15) is 25.2 Å². The van der Waals surface area contributed by atoms with Gasteiger partial charge < -0.3 is 29.8 Å². The summed E-state index contributed by atoms with van der Waals surface area (Å²) in [5.41, 5.74) is -0.760. The summed E-state index contributed by atoms with van der Waals surface area (Å²) in [6.07, 6.45) is -1.05. The number of methoxy groups -OCH3 is 1. The fourth-order valence-corrected chi connectivity index (χ4v) is 2.21. The minimum absolute atomic E-state index is 0.111. The average molecular weight is 458 g/mol. The quantitative estimate of drug-likeness (QED) is 0.297. The number of rotatable bonds is 9. The molecule has 0 radical (unpaired) electrons. The fourth-order valence-electron chi connectivity index (χ4n) is 2.21. The summed E-state index contributed by atoms with van der Waals surface area (Å²) < 4.78 is 9.42. The molecule has 0 unspecified atom stereocenters. The van der Waals surface area contributed by atoms with Crippen LogP contribution in [0.2, 0.25) is 0 Å². The molecule has 0 aromatic rings. The zero-order chi connectivity index (χ0) is 24.5. The van der Waals surface area contributed by atoms with Crippen molar-refractivity contribution in [3.63, 3.8) is 0 Å². The van der Waals surface area contributed by atoms with Gasteiger partial charge in [-0.2, -0.15) is 0 Å². The van der Waals surface area contributed by atoms with Crippen LogP contribution in [-0.2, 0) is 43.1 Å². The second kappa shape index (κ2) is 11.6. The molecule has 1 rings (SSSR count). The van der Waals surface area contributed by atoms with E-state index in [9.17, 15) is 33.6 Å². The van der Waals surface area contributed by atoms with Gasteiger partial charge in [-0.05, 0) is 20.8 Å². The zero-order valence-corrected chi connectivity index (χ0v) is 18.2. The third kappa shape index (κ3) is 9.40. The molecule has 2 N–H and O–H groups in total. The molecule has 0 spiro atoms. The van der Waals surface area contributed by atoms with Crippen LogP contribution in [-0.4, -0.2) is 90.5 Å². The lowest BCUT2D eigenvalue weighted by molar-refractivity contribution is -0.198. The Hall–Kier alpha value is -3.71. The molecule has 1 heterocycles. The summed E-state index contributed by atoms with van der Waals surface area (Å²) in [4.78, 5) is 87.7. The van der Waals surface area contributed by atoms with Crippen molar-refractivity contribution >= 4 is 41.7 Å². The van der Waals surface area contributed by atoms with Crippen LogP contribution in [0.5, 0.6) is 0 Å². The van der Waals surface area contributed by atoms with E-state index in [-0.39, 0.29) is 12.8 Å². The Morgan fingerprint density at radius 3 is 2.03 bits per heavy atom. The van der Waals surface area contributed by atoms with E-state index >= 15 is 0 Å². The first kappa shape index (κ1) is 26.3. The van der Waals surface area contributed by atoms with Gasteiger partial charge in [-0.25, -0.2) is 9.59 Å². The van der Waals surface area contributed by atoms with E-state index in [1.165, 1.54) is 0 Å². The van der Waals surface area contributed by atoms with Gasteiger partial charge in [0.05, 0.1) is 13.7 Å². The lowest BCUT2D eigenvalue weighted by Gasteiger charge is -2.22. The van der Waals surface area contributed by atoms with Gasteiger partial charge in [-0.3, -0.25) is 24.0 Å². The van der Waals surface area contributed by atoms with Crippen molar-refractivity contribution in [2.45, 2.75) is 39.2 Å². The van der Waals surface area contributed by atoms with E-state index < -0.39 is 73.4 Å². The van der Waals surface area contributed by atoms with E-state index in [2.05, 4.69) is 20.2 Å². The van der Waals surface area contributed by atoms with Gasteiger partial charge in [-0.15, -0.1) is 5.06 Å². The van der Waals surface area contributed by atoms with Gasteiger partial charge >= 0.3 is 18.0 Å². The maximum atomic E-state index is 12.4. The summed E-state index contributed by atoms with van der Waals surface area (Å²) in [5.74, 6) is -5.03. The number of amides is 5. The second-order valence-electron chi connectivity index (χ2n) is 7.50. The van der Waals surface area contributed by atoms with Gasteiger partial charge in [0.25, 0.3) is 11.8 Å². The first-order valence-electron chi connectivity index (χ1n) is 9.47. The zero-order valence-electron chi connectivity index (χ0n) is 18.2. The number of imide groups is 1. The standard InChI is InChI=1S/C18H26N4O10/c1-18(2,3)31-17(29)20-7-11(23)19-8-14(26)21(9-15(27)30-4)10-16(28)32-22-12(24)5-6-13(22)25/h5-10H2,1-4H3,(H,19,23)(H,20,29). The maximum Gasteiger partial charge on any atom is 0.408 e. The predicted molar refractivity (Wildman–Crippen MR) is 103 cm³/mol. The summed E-state index contributed by atoms with van der Waals surface area (Å²) >= 11 is 0.